The number of rotatable bonds is 3. The lowest BCUT2D eigenvalue weighted by atomic mass is 9.98. The minimum Gasteiger partial charge on any atom is -0.508 e. The number of fused-ring (bicyclic) bond motifs is 1. The summed E-state index contributed by atoms with van der Waals surface area (Å²) in [7, 11) is 0. The van der Waals surface area contributed by atoms with Crippen LogP contribution in [0, 0.1) is 0 Å². The molecule has 2 aliphatic rings. The highest BCUT2D eigenvalue weighted by molar-refractivity contribution is 5.96. The summed E-state index contributed by atoms with van der Waals surface area (Å²) in [6.07, 6.45) is 3.39. The topological polar surface area (TPSA) is 43.8 Å². The molecular formula is C16H22N2O2. The summed E-state index contributed by atoms with van der Waals surface area (Å²) in [5.74, 6) is 0.356. The Bertz CT molecular complexity index is 515. The van der Waals surface area contributed by atoms with Gasteiger partial charge in [0.2, 0.25) is 0 Å². The number of carbonyl (C=O) groups is 1. The molecule has 0 spiro atoms. The molecule has 1 atom stereocenters. The van der Waals surface area contributed by atoms with E-state index in [1.807, 2.05) is 4.90 Å². The van der Waals surface area contributed by atoms with Gasteiger partial charge in [-0.15, -0.1) is 0 Å². The van der Waals surface area contributed by atoms with Crippen molar-refractivity contribution in [2.45, 2.75) is 32.2 Å². The number of hydrogen-bond donors (Lipinski definition) is 1. The van der Waals surface area contributed by atoms with Crippen molar-refractivity contribution < 1.29 is 9.90 Å². The van der Waals surface area contributed by atoms with Crippen LogP contribution in [0.4, 0.5) is 0 Å². The van der Waals surface area contributed by atoms with Gasteiger partial charge < -0.3 is 10.0 Å². The zero-order valence-electron chi connectivity index (χ0n) is 12.0. The minimum atomic E-state index is 0.109. The molecule has 1 fully saturated rings. The fourth-order valence-corrected chi connectivity index (χ4v) is 3.31. The molecule has 1 aromatic rings. The molecule has 4 nitrogen and oxygen atoms in total. The molecule has 1 amide bonds. The third kappa shape index (κ3) is 2.52. The fourth-order valence-electron chi connectivity index (χ4n) is 3.31. The quantitative estimate of drug-likeness (QED) is 0.915. The normalized spacial score (nSPS) is 23.1. The van der Waals surface area contributed by atoms with Crippen LogP contribution in [-0.2, 0) is 6.42 Å². The fraction of sp³-hybridized carbons (Fsp3) is 0.562. The predicted octanol–water partition coefficient (Wildman–Crippen LogP) is 1.87. The third-order valence-corrected chi connectivity index (χ3v) is 4.61. The highest BCUT2D eigenvalue weighted by Gasteiger charge is 2.26. The molecule has 1 aromatic carbocycles. The molecule has 0 aromatic heterocycles. The highest BCUT2D eigenvalue weighted by atomic mass is 16.3. The van der Waals surface area contributed by atoms with E-state index >= 15 is 0 Å². The first kappa shape index (κ1) is 13.4. The maximum atomic E-state index is 12.4. The molecule has 2 aliphatic heterocycles. The molecule has 108 valence electrons. The molecular weight excluding hydrogens is 252 g/mol. The van der Waals surface area contributed by atoms with Gasteiger partial charge in [-0.2, -0.15) is 0 Å². The maximum Gasteiger partial charge on any atom is 0.254 e. The summed E-state index contributed by atoms with van der Waals surface area (Å²) in [6, 6.07) is 5.71. The maximum absolute atomic E-state index is 12.4. The van der Waals surface area contributed by atoms with Gasteiger partial charge in [0.15, 0.2) is 0 Å². The summed E-state index contributed by atoms with van der Waals surface area (Å²) in [6.45, 7) is 5.97. The van der Waals surface area contributed by atoms with Gasteiger partial charge in [-0.1, -0.05) is 0 Å². The van der Waals surface area contributed by atoms with Crippen molar-refractivity contribution in [1.29, 1.82) is 0 Å². The van der Waals surface area contributed by atoms with Crippen molar-refractivity contribution in [2.75, 3.05) is 26.2 Å². The molecule has 3 rings (SSSR count). The Balaban J connectivity index is 1.65. The molecule has 0 unspecified atom stereocenters. The second-order valence-corrected chi connectivity index (χ2v) is 5.91. The number of phenols is 1. The van der Waals surface area contributed by atoms with Gasteiger partial charge in [0, 0.05) is 31.2 Å². The van der Waals surface area contributed by atoms with Crippen LogP contribution >= 0.6 is 0 Å². The molecule has 4 heteroatoms. The standard InChI is InChI=1S/C16H22N2O2/c1-12-3-2-7-17(12)9-10-18-8-6-13-11-14(19)4-5-15(13)16(18)20/h4-5,11-12,19H,2-3,6-10H2,1H3/t12-/m1/s1. The number of carbonyl (C=O) groups excluding carboxylic acids is 1. The molecule has 0 radical (unpaired) electrons. The van der Waals surface area contributed by atoms with Gasteiger partial charge in [0.25, 0.3) is 5.91 Å². The van der Waals surface area contributed by atoms with Gasteiger partial charge in [0.1, 0.15) is 5.75 Å². The smallest absolute Gasteiger partial charge is 0.254 e. The van der Waals surface area contributed by atoms with Crippen molar-refractivity contribution in [3.8, 4) is 5.75 Å². The summed E-state index contributed by atoms with van der Waals surface area (Å²) in [4.78, 5) is 16.9. The number of hydrogen-bond acceptors (Lipinski definition) is 3. The molecule has 1 saturated heterocycles. The highest BCUT2D eigenvalue weighted by Crippen LogP contribution is 2.23. The lowest BCUT2D eigenvalue weighted by molar-refractivity contribution is 0.0716. The molecule has 20 heavy (non-hydrogen) atoms. The Hall–Kier alpha value is -1.55. The summed E-state index contributed by atoms with van der Waals surface area (Å²) < 4.78 is 0. The van der Waals surface area contributed by atoms with Crippen LogP contribution in [-0.4, -0.2) is 53.0 Å². The first-order chi connectivity index (χ1) is 9.65. The van der Waals surface area contributed by atoms with Crippen molar-refractivity contribution in [3.05, 3.63) is 29.3 Å². The first-order valence-corrected chi connectivity index (χ1v) is 7.50. The van der Waals surface area contributed by atoms with Gasteiger partial charge in [0.05, 0.1) is 0 Å². The average Bonchev–Trinajstić information content (AvgIpc) is 2.83. The van der Waals surface area contributed by atoms with Gasteiger partial charge in [-0.05, 0) is 56.5 Å². The van der Waals surface area contributed by atoms with E-state index in [0.29, 0.717) is 6.04 Å². The number of nitrogens with zero attached hydrogens (tertiary/aromatic N) is 2. The van der Waals surface area contributed by atoms with E-state index in [0.717, 1.165) is 43.7 Å². The van der Waals surface area contributed by atoms with Crippen molar-refractivity contribution in [2.24, 2.45) is 0 Å². The van der Waals surface area contributed by atoms with Crippen LogP contribution in [0.25, 0.3) is 0 Å². The number of likely N-dealkylation sites (tertiary alicyclic amines) is 1. The van der Waals surface area contributed by atoms with Gasteiger partial charge in [-0.25, -0.2) is 0 Å². The largest absolute Gasteiger partial charge is 0.508 e. The average molecular weight is 274 g/mol. The van der Waals surface area contributed by atoms with E-state index in [1.54, 1.807) is 18.2 Å². The van der Waals surface area contributed by atoms with E-state index in [9.17, 15) is 9.90 Å². The Labute approximate surface area is 120 Å². The van der Waals surface area contributed by atoms with Crippen LogP contribution in [0.1, 0.15) is 35.7 Å². The predicted molar refractivity (Wildman–Crippen MR) is 78.0 cm³/mol. The Morgan fingerprint density at radius 2 is 2.15 bits per heavy atom. The van der Waals surface area contributed by atoms with Crippen LogP contribution in [0.15, 0.2) is 18.2 Å². The molecule has 0 aliphatic carbocycles. The second kappa shape index (κ2) is 5.44. The van der Waals surface area contributed by atoms with Gasteiger partial charge >= 0.3 is 0 Å². The minimum absolute atomic E-state index is 0.109. The Kier molecular flexibility index (Phi) is 3.66. The van der Waals surface area contributed by atoms with Crippen LogP contribution < -0.4 is 0 Å². The number of aromatic hydroxyl groups is 1. The van der Waals surface area contributed by atoms with E-state index in [4.69, 9.17) is 0 Å². The third-order valence-electron chi connectivity index (χ3n) is 4.61. The first-order valence-electron chi connectivity index (χ1n) is 7.50. The number of phenolic OH excluding ortho intramolecular Hbond substituents is 1. The summed E-state index contributed by atoms with van der Waals surface area (Å²) in [5.41, 5.74) is 1.73. The molecule has 1 N–H and O–H groups in total. The van der Waals surface area contributed by atoms with Crippen molar-refractivity contribution in [1.82, 2.24) is 9.80 Å². The molecule has 0 saturated carbocycles. The molecule has 2 heterocycles. The zero-order chi connectivity index (χ0) is 14.1. The summed E-state index contributed by atoms with van der Waals surface area (Å²) >= 11 is 0. The zero-order valence-corrected chi connectivity index (χ0v) is 12.0. The second-order valence-electron chi connectivity index (χ2n) is 5.91. The van der Waals surface area contributed by atoms with E-state index < -0.39 is 0 Å². The SMILES string of the molecule is C[C@@H]1CCCN1CCN1CCc2cc(O)ccc2C1=O. The lowest BCUT2D eigenvalue weighted by Gasteiger charge is -2.31. The monoisotopic (exact) mass is 274 g/mol. The van der Waals surface area contributed by atoms with E-state index in [1.165, 1.54) is 12.8 Å². The van der Waals surface area contributed by atoms with E-state index in [2.05, 4.69) is 11.8 Å². The number of benzene rings is 1. The van der Waals surface area contributed by atoms with Crippen LogP contribution in [0.5, 0.6) is 5.75 Å². The van der Waals surface area contributed by atoms with Gasteiger partial charge in [-0.3, -0.25) is 9.69 Å². The lowest BCUT2D eigenvalue weighted by Crippen LogP contribution is -2.43. The van der Waals surface area contributed by atoms with Crippen LogP contribution in [0.2, 0.25) is 0 Å². The Morgan fingerprint density at radius 1 is 1.30 bits per heavy atom. The van der Waals surface area contributed by atoms with E-state index in [-0.39, 0.29) is 11.7 Å². The molecule has 0 bridgehead atoms. The van der Waals surface area contributed by atoms with Crippen molar-refractivity contribution in [3.63, 3.8) is 0 Å². The van der Waals surface area contributed by atoms with Crippen LogP contribution in [0.3, 0.4) is 0 Å². The number of amides is 1. The summed E-state index contributed by atoms with van der Waals surface area (Å²) in [5, 5.41) is 9.48. The van der Waals surface area contributed by atoms with Crippen molar-refractivity contribution >= 4 is 5.91 Å². The Morgan fingerprint density at radius 3 is 2.90 bits per heavy atom.